The van der Waals surface area contributed by atoms with E-state index in [4.69, 9.17) is 0 Å². The molecular formula is C15H15BrN4O2. The normalized spacial score (nSPS) is 18.5. The summed E-state index contributed by atoms with van der Waals surface area (Å²) in [6.45, 7) is 1.82. The van der Waals surface area contributed by atoms with Crippen molar-refractivity contribution in [2.24, 2.45) is 7.05 Å². The molecule has 114 valence electrons. The number of urea groups is 1. The van der Waals surface area contributed by atoms with Gasteiger partial charge in [-0.1, -0.05) is 28.1 Å². The summed E-state index contributed by atoms with van der Waals surface area (Å²) >= 11 is 3.40. The number of imide groups is 1. The third kappa shape index (κ3) is 2.21. The topological polar surface area (TPSA) is 58.4 Å². The number of amides is 3. The maximum Gasteiger partial charge on any atom is 0.333 e. The molecule has 1 aliphatic rings. The molecule has 1 aromatic heterocycles. The number of benzene rings is 1. The first-order chi connectivity index (χ1) is 10.4. The summed E-state index contributed by atoms with van der Waals surface area (Å²) in [5.41, 5.74) is 1.53. The van der Waals surface area contributed by atoms with Gasteiger partial charge < -0.3 is 4.90 Å². The van der Waals surface area contributed by atoms with E-state index in [9.17, 15) is 9.59 Å². The minimum Gasteiger partial charge on any atom is -0.311 e. The maximum atomic E-state index is 12.8. The van der Waals surface area contributed by atoms with Gasteiger partial charge in [0, 0.05) is 24.6 Å². The highest BCUT2D eigenvalue weighted by Crippen LogP contribution is 2.33. The average molecular weight is 363 g/mol. The largest absolute Gasteiger partial charge is 0.333 e. The Balaban J connectivity index is 2.04. The quantitative estimate of drug-likeness (QED) is 0.771. The molecule has 1 fully saturated rings. The van der Waals surface area contributed by atoms with Crippen molar-refractivity contribution >= 4 is 33.7 Å². The number of aromatic nitrogens is 2. The lowest BCUT2D eigenvalue weighted by Gasteiger charge is -2.16. The second-order valence-corrected chi connectivity index (χ2v) is 6.21. The Morgan fingerprint density at radius 3 is 2.50 bits per heavy atom. The third-order valence-electron chi connectivity index (χ3n) is 3.71. The van der Waals surface area contributed by atoms with Gasteiger partial charge in [-0.15, -0.1) is 0 Å². The highest BCUT2D eigenvalue weighted by Gasteiger charge is 2.45. The highest BCUT2D eigenvalue weighted by molar-refractivity contribution is 9.10. The molecule has 2 aromatic rings. The molecule has 2 heterocycles. The van der Waals surface area contributed by atoms with Crippen molar-refractivity contribution in [3.8, 4) is 0 Å². The third-order valence-corrected chi connectivity index (χ3v) is 4.20. The summed E-state index contributed by atoms with van der Waals surface area (Å²) < 4.78 is 2.41. The second kappa shape index (κ2) is 5.24. The smallest absolute Gasteiger partial charge is 0.311 e. The van der Waals surface area contributed by atoms with Gasteiger partial charge in [0.1, 0.15) is 11.9 Å². The van der Waals surface area contributed by atoms with Gasteiger partial charge in [0.25, 0.3) is 5.91 Å². The Labute approximate surface area is 136 Å². The number of rotatable bonds is 2. The number of anilines is 1. The van der Waals surface area contributed by atoms with Crippen molar-refractivity contribution in [3.05, 3.63) is 46.1 Å². The van der Waals surface area contributed by atoms with Crippen molar-refractivity contribution in [3.63, 3.8) is 0 Å². The number of likely N-dealkylation sites (N-methyl/N-ethyl adjacent to an activating group) is 1. The summed E-state index contributed by atoms with van der Waals surface area (Å²) in [7, 11) is 3.35. The predicted molar refractivity (Wildman–Crippen MR) is 85.5 cm³/mol. The average Bonchev–Trinajstić information content (AvgIpc) is 2.88. The van der Waals surface area contributed by atoms with Crippen LogP contribution in [0.2, 0.25) is 0 Å². The maximum absolute atomic E-state index is 12.8. The Bertz CT molecular complexity index is 771. The van der Waals surface area contributed by atoms with E-state index in [1.165, 1.54) is 9.80 Å². The molecule has 1 aliphatic heterocycles. The van der Waals surface area contributed by atoms with Crippen molar-refractivity contribution in [2.75, 3.05) is 11.9 Å². The van der Waals surface area contributed by atoms with Crippen LogP contribution >= 0.6 is 15.9 Å². The van der Waals surface area contributed by atoms with Crippen LogP contribution < -0.4 is 4.90 Å². The molecule has 0 unspecified atom stereocenters. The molecule has 3 amide bonds. The van der Waals surface area contributed by atoms with Gasteiger partial charge in [-0.25, -0.2) is 9.69 Å². The Kier molecular flexibility index (Phi) is 3.52. The molecule has 0 aliphatic carbocycles. The van der Waals surface area contributed by atoms with Gasteiger partial charge in [0.15, 0.2) is 0 Å². The van der Waals surface area contributed by atoms with Gasteiger partial charge in [-0.2, -0.15) is 5.10 Å². The van der Waals surface area contributed by atoms with Gasteiger partial charge in [-0.3, -0.25) is 9.48 Å². The van der Waals surface area contributed by atoms with E-state index < -0.39 is 6.04 Å². The van der Waals surface area contributed by atoms with Crippen LogP contribution in [0.15, 0.2) is 34.8 Å². The van der Waals surface area contributed by atoms with E-state index in [1.54, 1.807) is 24.8 Å². The van der Waals surface area contributed by atoms with E-state index in [0.717, 1.165) is 15.7 Å². The Morgan fingerprint density at radius 1 is 1.18 bits per heavy atom. The van der Waals surface area contributed by atoms with Crippen molar-refractivity contribution in [1.82, 2.24) is 14.7 Å². The summed E-state index contributed by atoms with van der Waals surface area (Å²) in [5, 5.41) is 4.21. The number of carbonyl (C=O) groups excluding carboxylic acids is 2. The van der Waals surface area contributed by atoms with Crippen LogP contribution in [0.1, 0.15) is 17.3 Å². The van der Waals surface area contributed by atoms with Crippen LogP contribution in [-0.4, -0.2) is 33.7 Å². The number of nitrogens with zero attached hydrogens (tertiary/aromatic N) is 4. The predicted octanol–water partition coefficient (Wildman–Crippen LogP) is 2.63. The molecular weight excluding hydrogens is 348 g/mol. The minimum absolute atomic E-state index is 0.270. The first-order valence-electron chi connectivity index (χ1n) is 6.77. The zero-order valence-corrected chi connectivity index (χ0v) is 14.0. The van der Waals surface area contributed by atoms with Crippen LogP contribution in [0.4, 0.5) is 10.6 Å². The van der Waals surface area contributed by atoms with Crippen LogP contribution in [0.25, 0.3) is 0 Å². The van der Waals surface area contributed by atoms with Gasteiger partial charge >= 0.3 is 6.03 Å². The molecule has 0 bridgehead atoms. The van der Waals surface area contributed by atoms with Gasteiger partial charge in [-0.05, 0) is 24.6 Å². The zero-order valence-electron chi connectivity index (χ0n) is 12.4. The lowest BCUT2D eigenvalue weighted by molar-refractivity contribution is -0.119. The van der Waals surface area contributed by atoms with Crippen molar-refractivity contribution < 1.29 is 9.59 Å². The lowest BCUT2D eigenvalue weighted by Crippen LogP contribution is -2.32. The number of hydrogen-bond donors (Lipinski definition) is 0. The number of carbonyl (C=O) groups is 2. The standard InChI is InChI=1S/C15H15BrN4O2/c1-9-7-12(19(3)17-9)20-14(21)13(18(2)15(20)22)10-5-4-6-11(16)8-10/h4-8,13H,1-3H3/t13-/m0/s1. The molecule has 1 aromatic carbocycles. The van der Waals surface area contributed by atoms with E-state index >= 15 is 0 Å². The molecule has 0 saturated carbocycles. The van der Waals surface area contributed by atoms with Crippen LogP contribution in [0.3, 0.4) is 0 Å². The van der Waals surface area contributed by atoms with Gasteiger partial charge in [0.05, 0.1) is 5.69 Å². The molecule has 0 spiro atoms. The second-order valence-electron chi connectivity index (χ2n) is 5.29. The molecule has 22 heavy (non-hydrogen) atoms. The fourth-order valence-corrected chi connectivity index (χ4v) is 3.13. The Morgan fingerprint density at radius 2 is 1.91 bits per heavy atom. The van der Waals surface area contributed by atoms with E-state index in [2.05, 4.69) is 21.0 Å². The zero-order chi connectivity index (χ0) is 16.0. The SMILES string of the molecule is Cc1cc(N2C(=O)[C@H](c3cccc(Br)c3)N(C)C2=O)n(C)n1. The van der Waals surface area contributed by atoms with Crippen molar-refractivity contribution in [2.45, 2.75) is 13.0 Å². The van der Waals surface area contributed by atoms with E-state index in [-0.39, 0.29) is 11.9 Å². The molecule has 3 rings (SSSR count). The highest BCUT2D eigenvalue weighted by atomic mass is 79.9. The molecule has 1 atom stereocenters. The fraction of sp³-hybridized carbons (Fsp3) is 0.267. The number of halogens is 1. The molecule has 0 N–H and O–H groups in total. The molecule has 1 saturated heterocycles. The fourth-order valence-electron chi connectivity index (χ4n) is 2.71. The molecule has 6 nitrogen and oxygen atoms in total. The van der Waals surface area contributed by atoms with Crippen LogP contribution in [0, 0.1) is 6.92 Å². The molecule has 7 heteroatoms. The first-order valence-corrected chi connectivity index (χ1v) is 7.56. The van der Waals surface area contributed by atoms with Crippen molar-refractivity contribution in [1.29, 1.82) is 0 Å². The number of hydrogen-bond acceptors (Lipinski definition) is 3. The summed E-state index contributed by atoms with van der Waals surface area (Å²) in [4.78, 5) is 28.0. The monoisotopic (exact) mass is 362 g/mol. The summed E-state index contributed by atoms with van der Waals surface area (Å²) in [6.07, 6.45) is 0. The lowest BCUT2D eigenvalue weighted by atomic mass is 10.1. The summed E-state index contributed by atoms with van der Waals surface area (Å²) in [6, 6.07) is 8.18. The molecule has 0 radical (unpaired) electrons. The number of aryl methyl sites for hydroxylation is 2. The van der Waals surface area contributed by atoms with E-state index in [1.807, 2.05) is 31.2 Å². The Hall–Kier alpha value is -2.15. The van der Waals surface area contributed by atoms with E-state index in [0.29, 0.717) is 5.82 Å². The van der Waals surface area contributed by atoms with Crippen LogP contribution in [0.5, 0.6) is 0 Å². The summed E-state index contributed by atoms with van der Waals surface area (Å²) in [5.74, 6) is 0.213. The first kappa shape index (κ1) is 14.8. The van der Waals surface area contributed by atoms with Crippen LogP contribution in [-0.2, 0) is 11.8 Å². The van der Waals surface area contributed by atoms with Gasteiger partial charge in [0.2, 0.25) is 0 Å². The minimum atomic E-state index is -0.625.